The number of nitrogens with one attached hydrogen (secondary N) is 1. The summed E-state index contributed by atoms with van der Waals surface area (Å²) in [5.74, 6) is 0.0403. The topological polar surface area (TPSA) is 59.1 Å². The molecule has 1 N–H and O–H groups in total. The third-order valence-electron chi connectivity index (χ3n) is 7.22. The first-order valence-corrected chi connectivity index (χ1v) is 12.6. The van der Waals surface area contributed by atoms with Gasteiger partial charge in [-0.15, -0.1) is 0 Å². The fourth-order valence-corrected chi connectivity index (χ4v) is 7.65. The summed E-state index contributed by atoms with van der Waals surface area (Å²) in [6.07, 6.45) is 6.96. The zero-order chi connectivity index (χ0) is 21.6. The quantitative estimate of drug-likeness (QED) is 0.500. The Labute approximate surface area is 186 Å². The van der Waals surface area contributed by atoms with Gasteiger partial charge >= 0.3 is 0 Å². The fraction of sp³-hybridized carbons (Fsp3) is 0.375. The lowest BCUT2D eigenvalue weighted by Crippen LogP contribution is -2.52. The first-order valence-electron chi connectivity index (χ1n) is 10.7. The van der Waals surface area contributed by atoms with Crippen LogP contribution in [0.1, 0.15) is 50.0 Å². The molecule has 1 heterocycles. The molecule has 1 aromatic heterocycles. The largest absolute Gasteiger partial charge is 0.283 e. The van der Waals surface area contributed by atoms with Crippen LogP contribution in [0.4, 0.5) is 10.1 Å². The third kappa shape index (κ3) is 3.80. The summed E-state index contributed by atoms with van der Waals surface area (Å²) in [6.45, 7) is 0. The summed E-state index contributed by atoms with van der Waals surface area (Å²) in [4.78, 5) is 4.36. The van der Waals surface area contributed by atoms with Gasteiger partial charge in [-0.25, -0.2) is 12.8 Å². The van der Waals surface area contributed by atoms with Gasteiger partial charge in [-0.3, -0.25) is 9.71 Å². The van der Waals surface area contributed by atoms with Crippen molar-refractivity contribution in [1.29, 1.82) is 0 Å². The predicted molar refractivity (Wildman–Crippen MR) is 122 cm³/mol. The minimum atomic E-state index is -3.47. The van der Waals surface area contributed by atoms with E-state index in [9.17, 15) is 12.8 Å². The van der Waals surface area contributed by atoms with Gasteiger partial charge in [-0.2, -0.15) is 0 Å². The van der Waals surface area contributed by atoms with Crippen molar-refractivity contribution in [2.75, 3.05) is 4.72 Å². The highest BCUT2D eigenvalue weighted by molar-refractivity contribution is 7.93. The molecule has 0 radical (unpaired) electrons. The van der Waals surface area contributed by atoms with Gasteiger partial charge in [0.1, 0.15) is 5.82 Å². The maximum absolute atomic E-state index is 13.8. The van der Waals surface area contributed by atoms with Crippen molar-refractivity contribution >= 4 is 38.2 Å². The Bertz CT molecular complexity index is 1220. The molecular formula is C24H24ClFN2O2S. The van der Waals surface area contributed by atoms with E-state index in [1.165, 1.54) is 6.07 Å². The summed E-state index contributed by atoms with van der Waals surface area (Å²) in [5.41, 5.74) is 2.31. The molecule has 2 aliphatic carbocycles. The number of anilines is 1. The van der Waals surface area contributed by atoms with Gasteiger partial charge in [-0.1, -0.05) is 11.6 Å². The standard InChI is InChI=1S/C24H24ClFN2O2S/c25-17-1-4-19(5-2-17)28-31(29,30)23-9-13-24(23)11-7-16(8-12-24)20-10-14-27-22-6-3-18(26)15-21(20)22/h1-6,10,14-16,23,28H,7-9,11-13H2. The molecule has 0 aliphatic heterocycles. The van der Waals surface area contributed by atoms with Crippen LogP contribution in [0.3, 0.4) is 0 Å². The van der Waals surface area contributed by atoms with Crippen LogP contribution < -0.4 is 4.72 Å². The number of aromatic nitrogens is 1. The Kier molecular flexibility index (Phi) is 5.18. The van der Waals surface area contributed by atoms with Gasteiger partial charge < -0.3 is 0 Å². The van der Waals surface area contributed by atoms with E-state index >= 15 is 0 Å². The minimum absolute atomic E-state index is 0.164. The van der Waals surface area contributed by atoms with Gasteiger partial charge in [0.25, 0.3) is 0 Å². The van der Waals surface area contributed by atoms with E-state index in [0.717, 1.165) is 48.6 Å². The van der Waals surface area contributed by atoms with E-state index in [1.54, 1.807) is 42.6 Å². The molecule has 7 heteroatoms. The van der Waals surface area contributed by atoms with Crippen LogP contribution in [-0.2, 0) is 10.0 Å². The number of sulfonamides is 1. The number of benzene rings is 2. The SMILES string of the molecule is O=S(=O)(Nc1ccc(Cl)cc1)C1CCC12CCC(c1ccnc3ccc(F)cc13)CC2. The molecule has 1 unspecified atom stereocenters. The second-order valence-corrected chi connectivity index (χ2v) is 11.2. The second kappa shape index (κ2) is 7.75. The molecule has 162 valence electrons. The Hall–Kier alpha value is -2.18. The molecule has 31 heavy (non-hydrogen) atoms. The van der Waals surface area contributed by atoms with Crippen molar-refractivity contribution in [2.24, 2.45) is 5.41 Å². The molecule has 0 bridgehead atoms. The number of hydrogen-bond acceptors (Lipinski definition) is 3. The molecule has 0 amide bonds. The smallest absolute Gasteiger partial charge is 0.236 e. The van der Waals surface area contributed by atoms with E-state index in [-0.39, 0.29) is 16.5 Å². The zero-order valence-corrected chi connectivity index (χ0v) is 18.6. The highest BCUT2D eigenvalue weighted by atomic mass is 35.5. The molecule has 2 aromatic carbocycles. The lowest BCUT2D eigenvalue weighted by molar-refractivity contribution is 0.0752. The van der Waals surface area contributed by atoms with Gasteiger partial charge in [-0.05, 0) is 104 Å². The number of halogens is 2. The molecule has 4 nitrogen and oxygen atoms in total. The van der Waals surface area contributed by atoms with Crippen LogP contribution in [0, 0.1) is 11.2 Å². The number of rotatable bonds is 4. The Morgan fingerprint density at radius 3 is 2.39 bits per heavy atom. The second-order valence-electron chi connectivity index (χ2n) is 8.88. The maximum atomic E-state index is 13.8. The first kappa shape index (κ1) is 20.7. The van der Waals surface area contributed by atoms with E-state index < -0.39 is 10.0 Å². The Balaban J connectivity index is 1.33. The van der Waals surface area contributed by atoms with Gasteiger partial charge in [0.15, 0.2) is 0 Å². The van der Waals surface area contributed by atoms with Crippen molar-refractivity contribution in [3.8, 4) is 0 Å². The van der Waals surface area contributed by atoms with Crippen molar-refractivity contribution in [3.63, 3.8) is 0 Å². The fourth-order valence-electron chi connectivity index (χ4n) is 5.48. The van der Waals surface area contributed by atoms with E-state index in [1.807, 2.05) is 6.07 Å². The molecule has 2 fully saturated rings. The number of fused-ring (bicyclic) bond motifs is 1. The number of pyridine rings is 1. The summed E-state index contributed by atoms with van der Waals surface area (Å²) < 4.78 is 42.8. The van der Waals surface area contributed by atoms with Crippen molar-refractivity contribution in [1.82, 2.24) is 4.98 Å². The highest BCUT2D eigenvalue weighted by Crippen LogP contribution is 2.57. The summed E-state index contributed by atoms with van der Waals surface area (Å²) >= 11 is 5.91. The van der Waals surface area contributed by atoms with Crippen LogP contribution in [0.2, 0.25) is 5.02 Å². The lowest BCUT2D eigenvalue weighted by atomic mass is 9.58. The average molecular weight is 459 g/mol. The molecule has 1 atom stereocenters. The van der Waals surface area contributed by atoms with Crippen LogP contribution in [-0.4, -0.2) is 18.7 Å². The molecular weight excluding hydrogens is 435 g/mol. The number of nitrogens with zero attached hydrogens (tertiary/aromatic N) is 1. The average Bonchev–Trinajstić information content (AvgIpc) is 2.74. The number of hydrogen-bond donors (Lipinski definition) is 1. The summed E-state index contributed by atoms with van der Waals surface area (Å²) in [5, 5.41) is 1.07. The predicted octanol–water partition coefficient (Wildman–Crippen LogP) is 6.28. The summed E-state index contributed by atoms with van der Waals surface area (Å²) in [6, 6.07) is 13.5. The molecule has 5 rings (SSSR count). The minimum Gasteiger partial charge on any atom is -0.283 e. The molecule has 2 aliphatic rings. The first-order chi connectivity index (χ1) is 14.9. The zero-order valence-electron chi connectivity index (χ0n) is 17.0. The maximum Gasteiger partial charge on any atom is 0.236 e. The van der Waals surface area contributed by atoms with Crippen molar-refractivity contribution < 1.29 is 12.8 Å². The van der Waals surface area contributed by atoms with Crippen LogP contribution >= 0.6 is 11.6 Å². The lowest BCUT2D eigenvalue weighted by Gasteiger charge is -2.52. The monoisotopic (exact) mass is 458 g/mol. The summed E-state index contributed by atoms with van der Waals surface area (Å²) in [7, 11) is -3.47. The molecule has 3 aromatic rings. The van der Waals surface area contributed by atoms with E-state index in [4.69, 9.17) is 11.6 Å². The molecule has 2 saturated carbocycles. The Morgan fingerprint density at radius 1 is 1.00 bits per heavy atom. The highest BCUT2D eigenvalue weighted by Gasteiger charge is 2.54. The van der Waals surface area contributed by atoms with Crippen LogP contribution in [0.25, 0.3) is 10.9 Å². The van der Waals surface area contributed by atoms with Crippen molar-refractivity contribution in [3.05, 3.63) is 71.1 Å². The molecule has 0 saturated heterocycles. The van der Waals surface area contributed by atoms with Crippen LogP contribution in [0.5, 0.6) is 0 Å². The molecule has 1 spiro atoms. The van der Waals surface area contributed by atoms with Gasteiger partial charge in [0.05, 0.1) is 10.8 Å². The van der Waals surface area contributed by atoms with Gasteiger partial charge in [0.2, 0.25) is 10.0 Å². The van der Waals surface area contributed by atoms with E-state index in [2.05, 4.69) is 9.71 Å². The Morgan fingerprint density at radius 2 is 1.71 bits per heavy atom. The van der Waals surface area contributed by atoms with E-state index in [0.29, 0.717) is 23.0 Å². The van der Waals surface area contributed by atoms with Crippen LogP contribution in [0.15, 0.2) is 54.7 Å². The normalized spacial score (nSPS) is 26.0. The van der Waals surface area contributed by atoms with Crippen molar-refractivity contribution in [2.45, 2.75) is 49.7 Å². The third-order valence-corrected chi connectivity index (χ3v) is 9.48. The van der Waals surface area contributed by atoms with Gasteiger partial charge in [0, 0.05) is 22.3 Å².